The number of aromatic nitrogens is 2. The number of nitrogens with zero attached hydrogens (tertiary/aromatic N) is 3. The lowest BCUT2D eigenvalue weighted by Gasteiger charge is -2.17. The molecule has 0 saturated heterocycles. The van der Waals surface area contributed by atoms with Crippen molar-refractivity contribution in [1.82, 2.24) is 15.0 Å². The van der Waals surface area contributed by atoms with Crippen LogP contribution in [0.2, 0.25) is 0 Å². The van der Waals surface area contributed by atoms with Crippen LogP contribution in [0.15, 0.2) is 40.9 Å². The van der Waals surface area contributed by atoms with E-state index in [1.807, 2.05) is 50.4 Å². The van der Waals surface area contributed by atoms with Gasteiger partial charge in [0.15, 0.2) is 0 Å². The van der Waals surface area contributed by atoms with E-state index in [9.17, 15) is 4.79 Å². The summed E-state index contributed by atoms with van der Waals surface area (Å²) in [4.78, 5) is 19.2. The van der Waals surface area contributed by atoms with Gasteiger partial charge in [0.1, 0.15) is 0 Å². The van der Waals surface area contributed by atoms with Crippen molar-refractivity contribution >= 4 is 17.0 Å². The third kappa shape index (κ3) is 3.02. The lowest BCUT2D eigenvalue weighted by molar-refractivity contribution is 0.0795. The Kier molecular flexibility index (Phi) is 4.60. The summed E-state index contributed by atoms with van der Waals surface area (Å²) in [6.07, 6.45) is 2.02. The molecule has 5 nitrogen and oxygen atoms in total. The molecular weight excluding hydrogens is 302 g/mol. The highest BCUT2D eigenvalue weighted by molar-refractivity contribution is 6.06. The summed E-state index contributed by atoms with van der Waals surface area (Å²) in [6.45, 7) is 4.67. The van der Waals surface area contributed by atoms with Gasteiger partial charge >= 0.3 is 0 Å². The zero-order valence-electron chi connectivity index (χ0n) is 14.2. The molecule has 1 amide bonds. The van der Waals surface area contributed by atoms with Gasteiger partial charge in [0, 0.05) is 19.2 Å². The Labute approximate surface area is 141 Å². The van der Waals surface area contributed by atoms with Gasteiger partial charge in [0.05, 0.1) is 22.3 Å². The highest BCUT2D eigenvalue weighted by atomic mass is 16.5. The van der Waals surface area contributed by atoms with E-state index in [0.29, 0.717) is 28.1 Å². The quantitative estimate of drug-likeness (QED) is 0.710. The first-order chi connectivity index (χ1) is 11.6. The highest BCUT2D eigenvalue weighted by Crippen LogP contribution is 2.27. The van der Waals surface area contributed by atoms with E-state index in [4.69, 9.17) is 4.52 Å². The van der Waals surface area contributed by atoms with E-state index in [1.54, 1.807) is 4.90 Å². The normalized spacial score (nSPS) is 11.0. The summed E-state index contributed by atoms with van der Waals surface area (Å²) < 4.78 is 5.33. The molecule has 0 fully saturated rings. The molecule has 0 atom stereocenters. The van der Waals surface area contributed by atoms with Crippen molar-refractivity contribution in [2.24, 2.45) is 0 Å². The van der Waals surface area contributed by atoms with Crippen LogP contribution in [0.25, 0.3) is 22.4 Å². The fraction of sp³-hybridized carbons (Fsp3) is 0.316. The van der Waals surface area contributed by atoms with Crippen LogP contribution in [-0.2, 0) is 0 Å². The summed E-state index contributed by atoms with van der Waals surface area (Å²) in [5.74, 6) is -0.0284. The van der Waals surface area contributed by atoms with Gasteiger partial charge in [0.2, 0.25) is 0 Å². The predicted octanol–water partition coefficient (Wildman–Crippen LogP) is 4.07. The largest absolute Gasteiger partial charge is 0.342 e. The number of benzene rings is 1. The fourth-order valence-electron chi connectivity index (χ4n) is 2.72. The van der Waals surface area contributed by atoms with E-state index >= 15 is 0 Å². The fourth-order valence-corrected chi connectivity index (χ4v) is 2.72. The van der Waals surface area contributed by atoms with Gasteiger partial charge in [-0.2, -0.15) is 0 Å². The van der Waals surface area contributed by atoms with Crippen LogP contribution in [0, 0.1) is 6.92 Å². The van der Waals surface area contributed by atoms with E-state index < -0.39 is 0 Å². The number of fused-ring (bicyclic) bond motifs is 1. The third-order valence-corrected chi connectivity index (χ3v) is 4.11. The van der Waals surface area contributed by atoms with Gasteiger partial charge in [-0.1, -0.05) is 48.8 Å². The predicted molar refractivity (Wildman–Crippen MR) is 93.8 cm³/mol. The van der Waals surface area contributed by atoms with Crippen LogP contribution in [-0.4, -0.2) is 34.5 Å². The number of hydrogen-bond acceptors (Lipinski definition) is 4. The maximum Gasteiger partial charge on any atom is 0.259 e. The average Bonchev–Trinajstić information content (AvgIpc) is 3.00. The number of carbonyl (C=O) groups is 1. The summed E-state index contributed by atoms with van der Waals surface area (Å²) in [6, 6.07) is 11.6. The van der Waals surface area contributed by atoms with Crippen LogP contribution in [0.3, 0.4) is 0 Å². The Morgan fingerprint density at radius 2 is 2.00 bits per heavy atom. The van der Waals surface area contributed by atoms with Crippen LogP contribution >= 0.6 is 0 Å². The number of carbonyl (C=O) groups excluding carboxylic acids is 1. The van der Waals surface area contributed by atoms with Crippen LogP contribution in [0.5, 0.6) is 0 Å². The molecule has 0 saturated carbocycles. The minimum Gasteiger partial charge on any atom is -0.342 e. The molecule has 0 spiro atoms. The van der Waals surface area contributed by atoms with Gasteiger partial charge in [-0.05, 0) is 19.4 Å². The van der Waals surface area contributed by atoms with Crippen molar-refractivity contribution in [2.45, 2.75) is 26.7 Å². The van der Waals surface area contributed by atoms with Crippen molar-refractivity contribution in [3.63, 3.8) is 0 Å². The molecule has 0 aliphatic rings. The molecule has 0 bridgehead atoms. The molecule has 0 N–H and O–H groups in total. The van der Waals surface area contributed by atoms with Crippen molar-refractivity contribution < 1.29 is 9.32 Å². The Morgan fingerprint density at radius 1 is 1.25 bits per heavy atom. The number of rotatable bonds is 5. The van der Waals surface area contributed by atoms with Crippen molar-refractivity contribution in [3.05, 3.63) is 47.7 Å². The van der Waals surface area contributed by atoms with Crippen molar-refractivity contribution in [3.8, 4) is 11.3 Å². The maximum absolute atomic E-state index is 12.9. The molecule has 0 aliphatic heterocycles. The molecule has 2 aromatic heterocycles. The molecule has 124 valence electrons. The lowest BCUT2D eigenvalue weighted by atomic mass is 10.0. The third-order valence-electron chi connectivity index (χ3n) is 4.11. The van der Waals surface area contributed by atoms with Gasteiger partial charge in [-0.3, -0.25) is 4.79 Å². The molecule has 1 aromatic carbocycles. The highest BCUT2D eigenvalue weighted by Gasteiger charge is 2.21. The molecule has 3 rings (SSSR count). The first-order valence-electron chi connectivity index (χ1n) is 8.19. The first kappa shape index (κ1) is 16.2. The average molecular weight is 323 g/mol. The minimum absolute atomic E-state index is 0.0284. The number of pyridine rings is 1. The molecule has 0 unspecified atom stereocenters. The lowest BCUT2D eigenvalue weighted by Crippen LogP contribution is -2.28. The first-order valence-corrected chi connectivity index (χ1v) is 8.19. The molecule has 2 heterocycles. The molecule has 3 aromatic rings. The van der Waals surface area contributed by atoms with Crippen molar-refractivity contribution in [1.29, 1.82) is 0 Å². The van der Waals surface area contributed by atoms with Crippen LogP contribution in [0.4, 0.5) is 0 Å². The van der Waals surface area contributed by atoms with Gasteiger partial charge < -0.3 is 9.42 Å². The number of hydrogen-bond donors (Lipinski definition) is 0. The molecule has 24 heavy (non-hydrogen) atoms. The van der Waals surface area contributed by atoms with Crippen LogP contribution < -0.4 is 0 Å². The smallest absolute Gasteiger partial charge is 0.259 e. The minimum atomic E-state index is -0.0284. The summed E-state index contributed by atoms with van der Waals surface area (Å²) in [5.41, 5.74) is 3.34. The number of amides is 1. The zero-order valence-corrected chi connectivity index (χ0v) is 14.2. The zero-order chi connectivity index (χ0) is 17.1. The van der Waals surface area contributed by atoms with Gasteiger partial charge in [-0.15, -0.1) is 0 Å². The second-order valence-electron chi connectivity index (χ2n) is 5.95. The topological polar surface area (TPSA) is 59.2 Å². The molecular formula is C19H21N3O2. The Morgan fingerprint density at radius 3 is 2.71 bits per heavy atom. The van der Waals surface area contributed by atoms with E-state index in [0.717, 1.165) is 24.9 Å². The molecule has 0 aliphatic carbocycles. The summed E-state index contributed by atoms with van der Waals surface area (Å²) in [7, 11) is 1.83. The molecule has 5 heteroatoms. The second-order valence-corrected chi connectivity index (χ2v) is 5.95. The second kappa shape index (κ2) is 6.83. The van der Waals surface area contributed by atoms with Gasteiger partial charge in [0.25, 0.3) is 11.6 Å². The van der Waals surface area contributed by atoms with Gasteiger partial charge in [-0.25, -0.2) is 4.98 Å². The van der Waals surface area contributed by atoms with Crippen LogP contribution in [0.1, 0.15) is 35.8 Å². The summed E-state index contributed by atoms with van der Waals surface area (Å²) >= 11 is 0. The van der Waals surface area contributed by atoms with E-state index in [1.165, 1.54) is 0 Å². The van der Waals surface area contributed by atoms with E-state index in [-0.39, 0.29) is 5.91 Å². The standard InChI is InChI=1S/C19H21N3O2/c1-4-5-11-22(3)19(23)15-12-16(14-9-7-6-8-10-14)20-18-17(15)13(2)21-24-18/h6-10,12H,4-5,11H2,1-3H3. The Hall–Kier alpha value is -2.69. The Bertz CT molecular complexity index is 856. The number of unbranched alkanes of at least 4 members (excludes halogenated alkanes) is 1. The summed E-state index contributed by atoms with van der Waals surface area (Å²) in [5, 5.41) is 4.68. The SMILES string of the molecule is CCCCN(C)C(=O)c1cc(-c2ccccc2)nc2onc(C)c12. The Balaban J connectivity index is 2.11. The van der Waals surface area contributed by atoms with Crippen molar-refractivity contribution in [2.75, 3.05) is 13.6 Å². The molecule has 0 radical (unpaired) electrons. The van der Waals surface area contributed by atoms with E-state index in [2.05, 4.69) is 17.1 Å². The monoisotopic (exact) mass is 323 g/mol. The maximum atomic E-state index is 12.9. The number of aryl methyl sites for hydroxylation is 1.